The molecular weight excluding hydrogens is 282 g/mol. The Labute approximate surface area is 134 Å². The van der Waals surface area contributed by atoms with E-state index in [1.165, 1.54) is 25.7 Å². The molecule has 3 N–H and O–H groups in total. The lowest BCUT2D eigenvalue weighted by atomic mass is 9.87. The summed E-state index contributed by atoms with van der Waals surface area (Å²) in [6, 6.07) is -1.07. The lowest BCUT2D eigenvalue weighted by Crippen LogP contribution is -2.48. The fraction of sp³-hybridized carbons (Fsp3) is 0.765. The second-order valence-electron chi connectivity index (χ2n) is 6.13. The van der Waals surface area contributed by atoms with Gasteiger partial charge in [0.2, 0.25) is 0 Å². The summed E-state index contributed by atoms with van der Waals surface area (Å²) in [6.07, 6.45) is 10.3. The maximum Gasteiger partial charge on any atom is 0.405 e. The van der Waals surface area contributed by atoms with Crippen LogP contribution in [-0.2, 0) is 4.79 Å². The molecule has 0 aromatic rings. The van der Waals surface area contributed by atoms with Crippen LogP contribution in [0, 0.1) is 23.7 Å². The van der Waals surface area contributed by atoms with Gasteiger partial charge in [-0.25, -0.2) is 9.59 Å². The summed E-state index contributed by atoms with van der Waals surface area (Å²) in [5.74, 6) is 2.55. The number of unbranched alkanes of at least 4 members (excludes halogenated alkanes) is 1. The highest BCUT2D eigenvalue weighted by molar-refractivity contribution is 5.79. The quantitative estimate of drug-likeness (QED) is 0.529. The van der Waals surface area contributed by atoms with Crippen LogP contribution in [0.1, 0.15) is 66.7 Å². The van der Waals surface area contributed by atoms with Crippen molar-refractivity contribution in [3.8, 4) is 12.3 Å². The van der Waals surface area contributed by atoms with Crippen LogP contribution >= 0.6 is 0 Å². The largest absolute Gasteiger partial charge is 0.480 e. The van der Waals surface area contributed by atoms with Gasteiger partial charge >= 0.3 is 12.1 Å². The van der Waals surface area contributed by atoms with Crippen molar-refractivity contribution in [2.24, 2.45) is 11.3 Å². The Morgan fingerprint density at radius 2 is 1.77 bits per heavy atom. The summed E-state index contributed by atoms with van der Waals surface area (Å²) >= 11 is 0. The molecule has 0 aromatic carbocycles. The van der Waals surface area contributed by atoms with Gasteiger partial charge in [0.15, 0.2) is 0 Å². The van der Waals surface area contributed by atoms with Crippen LogP contribution in [0.15, 0.2) is 0 Å². The number of hydrogen-bond acceptors (Lipinski definition) is 2. The summed E-state index contributed by atoms with van der Waals surface area (Å²) in [7, 11) is 0. The van der Waals surface area contributed by atoms with Crippen LogP contribution in [0.25, 0.3) is 0 Å². The van der Waals surface area contributed by atoms with E-state index >= 15 is 0 Å². The number of carbonyl (C=O) groups is 2. The number of carboxylic acid groups (broad SMARTS) is 2. The SMILES string of the molecule is C#CCCCC1CC1.CC.CC(C)(C)C(NC(=O)O)C(=O)O. The Morgan fingerprint density at radius 1 is 1.27 bits per heavy atom. The van der Waals surface area contributed by atoms with E-state index in [2.05, 4.69) is 5.92 Å². The molecule has 1 saturated carbocycles. The molecule has 0 spiro atoms. The summed E-state index contributed by atoms with van der Waals surface area (Å²) in [6.45, 7) is 8.96. The molecule has 128 valence electrons. The smallest absolute Gasteiger partial charge is 0.405 e. The Balaban J connectivity index is 0. The second kappa shape index (κ2) is 11.9. The average molecular weight is 313 g/mol. The predicted molar refractivity (Wildman–Crippen MR) is 88.8 cm³/mol. The van der Waals surface area contributed by atoms with E-state index in [-0.39, 0.29) is 0 Å². The molecule has 22 heavy (non-hydrogen) atoms. The van der Waals surface area contributed by atoms with Crippen LogP contribution < -0.4 is 5.32 Å². The van der Waals surface area contributed by atoms with Gasteiger partial charge in [-0.3, -0.25) is 0 Å². The molecule has 0 aromatic heterocycles. The normalized spacial score (nSPS) is 14.2. The van der Waals surface area contributed by atoms with Gasteiger partial charge in [0.05, 0.1) is 0 Å². The molecule has 5 nitrogen and oxygen atoms in total. The molecule has 0 aliphatic heterocycles. The fourth-order valence-corrected chi connectivity index (χ4v) is 1.67. The molecule has 1 aliphatic rings. The minimum atomic E-state index is -1.32. The standard InChI is InChI=1S/C8H12.C7H13NO4.C2H6/c1-2-3-4-5-8-6-7-8;1-7(2,3)4(5(9)10)8-6(11)12;1-2/h1,8H,3-7H2;4,8H,1-3H3,(H,9,10)(H,11,12);1-2H3. The Kier molecular flexibility index (Phi) is 12.2. The lowest BCUT2D eigenvalue weighted by molar-refractivity contribution is -0.142. The highest BCUT2D eigenvalue weighted by atomic mass is 16.4. The maximum absolute atomic E-state index is 10.6. The molecule has 5 heteroatoms. The minimum absolute atomic E-state index is 0.621. The van der Waals surface area contributed by atoms with Crippen molar-refractivity contribution >= 4 is 12.1 Å². The number of rotatable bonds is 5. The van der Waals surface area contributed by atoms with Crippen molar-refractivity contribution in [3.05, 3.63) is 0 Å². The maximum atomic E-state index is 10.6. The van der Waals surface area contributed by atoms with E-state index < -0.39 is 23.5 Å². The predicted octanol–water partition coefficient (Wildman–Crippen LogP) is 3.98. The van der Waals surface area contributed by atoms with E-state index in [0.717, 1.165) is 12.3 Å². The van der Waals surface area contributed by atoms with Crippen LogP contribution in [0.2, 0.25) is 0 Å². The van der Waals surface area contributed by atoms with Crippen molar-refractivity contribution in [1.29, 1.82) is 0 Å². The third kappa shape index (κ3) is 13.3. The van der Waals surface area contributed by atoms with Gasteiger partial charge in [0.1, 0.15) is 6.04 Å². The second-order valence-corrected chi connectivity index (χ2v) is 6.13. The van der Waals surface area contributed by atoms with Crippen LogP contribution in [0.3, 0.4) is 0 Å². The van der Waals surface area contributed by atoms with Gasteiger partial charge in [-0.05, 0) is 24.2 Å². The van der Waals surface area contributed by atoms with E-state index in [0.29, 0.717) is 0 Å². The Bertz CT molecular complexity index is 362. The molecule has 0 radical (unpaired) electrons. The van der Waals surface area contributed by atoms with Crippen LogP contribution in [-0.4, -0.2) is 28.3 Å². The van der Waals surface area contributed by atoms with E-state index in [4.69, 9.17) is 16.6 Å². The van der Waals surface area contributed by atoms with Gasteiger partial charge in [0.25, 0.3) is 0 Å². The molecule has 0 saturated heterocycles. The highest BCUT2D eigenvalue weighted by Crippen LogP contribution is 2.33. The number of nitrogens with one attached hydrogen (secondary N) is 1. The number of hydrogen-bond donors (Lipinski definition) is 3. The summed E-state index contributed by atoms with van der Waals surface area (Å²) in [5, 5.41) is 18.9. The van der Waals surface area contributed by atoms with Gasteiger partial charge in [-0.1, -0.05) is 47.5 Å². The third-order valence-corrected chi connectivity index (χ3v) is 3.01. The third-order valence-electron chi connectivity index (χ3n) is 3.01. The molecule has 1 amide bonds. The zero-order valence-electron chi connectivity index (χ0n) is 14.5. The van der Waals surface area contributed by atoms with E-state index in [1.54, 1.807) is 20.8 Å². The number of amides is 1. The Hall–Kier alpha value is -1.70. The van der Waals surface area contributed by atoms with Gasteiger partial charge in [-0.2, -0.15) is 0 Å². The molecule has 1 atom stereocenters. The zero-order valence-corrected chi connectivity index (χ0v) is 14.5. The van der Waals surface area contributed by atoms with Crippen molar-refractivity contribution in [1.82, 2.24) is 5.32 Å². The van der Waals surface area contributed by atoms with Crippen molar-refractivity contribution < 1.29 is 19.8 Å². The van der Waals surface area contributed by atoms with Gasteiger partial charge in [0, 0.05) is 6.42 Å². The van der Waals surface area contributed by atoms with Gasteiger partial charge in [-0.15, -0.1) is 12.3 Å². The lowest BCUT2D eigenvalue weighted by Gasteiger charge is -2.26. The number of carboxylic acids is 1. The minimum Gasteiger partial charge on any atom is -0.480 e. The summed E-state index contributed by atoms with van der Waals surface area (Å²) < 4.78 is 0. The zero-order chi connectivity index (χ0) is 17.8. The van der Waals surface area contributed by atoms with Gasteiger partial charge < -0.3 is 15.5 Å². The van der Waals surface area contributed by atoms with Crippen LogP contribution in [0.5, 0.6) is 0 Å². The average Bonchev–Trinajstić information content (AvgIpc) is 3.22. The molecule has 0 bridgehead atoms. The first-order valence-electron chi connectivity index (χ1n) is 7.84. The monoisotopic (exact) mass is 313 g/mol. The summed E-state index contributed by atoms with van der Waals surface area (Å²) in [4.78, 5) is 20.7. The van der Waals surface area contributed by atoms with Crippen molar-refractivity contribution in [2.75, 3.05) is 0 Å². The molecule has 1 rings (SSSR count). The molecular formula is C17H31NO4. The number of terminal acetylenes is 1. The molecule has 1 fully saturated rings. The first-order chi connectivity index (χ1) is 10.2. The number of aliphatic carboxylic acids is 1. The highest BCUT2D eigenvalue weighted by Gasteiger charge is 2.32. The Morgan fingerprint density at radius 3 is 2.00 bits per heavy atom. The first-order valence-corrected chi connectivity index (χ1v) is 7.84. The van der Waals surface area contributed by atoms with E-state index in [1.807, 2.05) is 19.2 Å². The first kappa shape index (κ1) is 22.6. The van der Waals surface area contributed by atoms with E-state index in [9.17, 15) is 9.59 Å². The van der Waals surface area contributed by atoms with Crippen molar-refractivity contribution in [3.63, 3.8) is 0 Å². The van der Waals surface area contributed by atoms with Crippen LogP contribution in [0.4, 0.5) is 4.79 Å². The molecule has 1 unspecified atom stereocenters. The molecule has 0 heterocycles. The van der Waals surface area contributed by atoms with Crippen molar-refractivity contribution in [2.45, 2.75) is 72.8 Å². The topological polar surface area (TPSA) is 86.6 Å². The fourth-order valence-electron chi connectivity index (χ4n) is 1.67. The summed E-state index contributed by atoms with van der Waals surface area (Å²) in [5.41, 5.74) is -0.621. The molecule has 1 aliphatic carbocycles.